The minimum Gasteiger partial charge on any atom is -0.404 e. The van der Waals surface area contributed by atoms with Crippen molar-refractivity contribution in [3.63, 3.8) is 0 Å². The van der Waals surface area contributed by atoms with Crippen molar-refractivity contribution < 1.29 is 0 Å². The molecule has 2 aromatic carbocycles. The van der Waals surface area contributed by atoms with E-state index in [1.807, 2.05) is 30.1 Å². The molecule has 28 heavy (non-hydrogen) atoms. The Bertz CT molecular complexity index is 826. The first-order valence-corrected chi connectivity index (χ1v) is 10.3. The Kier molecular flexibility index (Phi) is 7.28. The van der Waals surface area contributed by atoms with Crippen molar-refractivity contribution in [2.75, 3.05) is 25.0 Å². The highest BCUT2D eigenvalue weighted by Crippen LogP contribution is 2.28. The van der Waals surface area contributed by atoms with Gasteiger partial charge in [0.15, 0.2) is 0 Å². The normalized spacial score (nSPS) is 15.9. The summed E-state index contributed by atoms with van der Waals surface area (Å²) in [7, 11) is 0. The zero-order chi connectivity index (χ0) is 19.8. The molecule has 0 spiro atoms. The van der Waals surface area contributed by atoms with Gasteiger partial charge in [-0.2, -0.15) is 0 Å². The van der Waals surface area contributed by atoms with Gasteiger partial charge in [-0.05, 0) is 60.5 Å². The van der Waals surface area contributed by atoms with Gasteiger partial charge in [0.2, 0.25) is 0 Å². The summed E-state index contributed by atoms with van der Waals surface area (Å²) in [5.41, 5.74) is 8.85. The fourth-order valence-electron chi connectivity index (χ4n) is 3.34. The predicted octanol–water partition coefficient (Wildman–Crippen LogP) is 4.46. The molecular weight excluding hydrogens is 366 g/mol. The van der Waals surface area contributed by atoms with E-state index in [1.165, 1.54) is 36.4 Å². The summed E-state index contributed by atoms with van der Waals surface area (Å²) in [6, 6.07) is 16.4. The molecule has 3 rings (SSSR count). The fourth-order valence-corrected chi connectivity index (χ4v) is 4.31. The second-order valence-electron chi connectivity index (χ2n) is 6.87. The van der Waals surface area contributed by atoms with E-state index in [-0.39, 0.29) is 0 Å². The molecule has 0 unspecified atom stereocenters. The molecule has 1 heterocycles. The Balaban J connectivity index is 1.52. The lowest BCUT2D eigenvalue weighted by molar-refractivity contribution is 0.301. The van der Waals surface area contributed by atoms with Gasteiger partial charge in [0, 0.05) is 60.0 Å². The van der Waals surface area contributed by atoms with Crippen molar-refractivity contribution in [1.82, 2.24) is 4.31 Å². The van der Waals surface area contributed by atoms with Crippen LogP contribution in [0.5, 0.6) is 0 Å². The van der Waals surface area contributed by atoms with Gasteiger partial charge >= 0.3 is 0 Å². The van der Waals surface area contributed by atoms with Gasteiger partial charge in [-0.15, -0.1) is 0 Å². The van der Waals surface area contributed by atoms with Crippen molar-refractivity contribution in [2.45, 2.75) is 17.7 Å². The molecule has 1 fully saturated rings. The van der Waals surface area contributed by atoms with E-state index in [0.29, 0.717) is 11.5 Å². The number of anilines is 1. The van der Waals surface area contributed by atoms with Gasteiger partial charge in [0.25, 0.3) is 0 Å². The third kappa shape index (κ3) is 5.24. The van der Waals surface area contributed by atoms with Crippen LogP contribution in [0.1, 0.15) is 24.0 Å². The van der Waals surface area contributed by atoms with Crippen molar-refractivity contribution in [3.8, 4) is 0 Å². The van der Waals surface area contributed by atoms with Gasteiger partial charge in [0.1, 0.15) is 0 Å². The van der Waals surface area contributed by atoms with E-state index in [2.05, 4.69) is 40.0 Å². The van der Waals surface area contributed by atoms with Crippen LogP contribution in [0.3, 0.4) is 0 Å². The average Bonchev–Trinajstić information content (AvgIpc) is 2.75. The topological polar surface area (TPSA) is 89.0 Å². The summed E-state index contributed by atoms with van der Waals surface area (Å²) in [5.74, 6) is 0.631. The molecule has 0 amide bonds. The summed E-state index contributed by atoms with van der Waals surface area (Å²) in [4.78, 5) is 1.30. The maximum atomic E-state index is 7.71. The van der Waals surface area contributed by atoms with Crippen LogP contribution >= 0.6 is 11.9 Å². The van der Waals surface area contributed by atoms with Crippen LogP contribution in [0.4, 0.5) is 5.69 Å². The molecule has 1 aliphatic rings. The van der Waals surface area contributed by atoms with Crippen LogP contribution in [-0.2, 0) is 0 Å². The Morgan fingerprint density at radius 1 is 1.14 bits per heavy atom. The maximum Gasteiger partial charge on any atom is 0.0429 e. The first-order chi connectivity index (χ1) is 13.7. The molecule has 5 N–H and O–H groups in total. The van der Waals surface area contributed by atoms with E-state index in [4.69, 9.17) is 16.6 Å². The molecule has 146 valence electrons. The number of nitrogens with one attached hydrogen (secondary N) is 3. The highest BCUT2D eigenvalue weighted by molar-refractivity contribution is 7.97. The second kappa shape index (κ2) is 10.1. The van der Waals surface area contributed by atoms with Gasteiger partial charge in [-0.1, -0.05) is 24.3 Å². The molecule has 0 radical (unpaired) electrons. The van der Waals surface area contributed by atoms with Crippen LogP contribution in [-0.4, -0.2) is 36.4 Å². The molecule has 0 atom stereocenters. The minimum absolute atomic E-state index is 0.631. The number of nitrogens with two attached hydrogens (primary N) is 1. The molecular formula is C22H27N5S. The number of rotatable bonds is 8. The van der Waals surface area contributed by atoms with Crippen LogP contribution in [0.25, 0.3) is 5.57 Å². The largest absolute Gasteiger partial charge is 0.404 e. The zero-order valence-electron chi connectivity index (χ0n) is 15.9. The third-order valence-electron chi connectivity index (χ3n) is 5.01. The molecule has 0 saturated carbocycles. The zero-order valence-corrected chi connectivity index (χ0v) is 16.7. The fraction of sp³-hybridized carbons (Fsp3) is 0.273. The minimum atomic E-state index is 0.631. The van der Waals surface area contributed by atoms with E-state index in [9.17, 15) is 0 Å². The molecule has 0 aromatic heterocycles. The van der Waals surface area contributed by atoms with Crippen molar-refractivity contribution >= 4 is 35.6 Å². The standard InChI is InChI=1S/C22H27N5S/c23-13-19-12-18(20(14-24)15-25)6-7-22(19)26-16-17-8-10-27(11-9-17)28-21-4-2-1-3-5-21/h1-7,12-15,17,23-24,26H,8-11,16,25H2/b20-15+,23-13?,24-14?. The highest BCUT2D eigenvalue weighted by Gasteiger charge is 2.20. The smallest absolute Gasteiger partial charge is 0.0429 e. The van der Waals surface area contributed by atoms with Gasteiger partial charge in [-0.3, -0.25) is 0 Å². The summed E-state index contributed by atoms with van der Waals surface area (Å²) in [6.07, 6.45) is 6.34. The molecule has 1 saturated heterocycles. The van der Waals surface area contributed by atoms with Crippen molar-refractivity contribution in [1.29, 1.82) is 10.8 Å². The van der Waals surface area contributed by atoms with Crippen LogP contribution < -0.4 is 11.1 Å². The predicted molar refractivity (Wildman–Crippen MR) is 120 cm³/mol. The number of allylic oxidation sites excluding steroid dienone is 1. The monoisotopic (exact) mass is 393 g/mol. The van der Waals surface area contributed by atoms with E-state index >= 15 is 0 Å². The van der Waals surface area contributed by atoms with Gasteiger partial charge in [0.05, 0.1) is 0 Å². The van der Waals surface area contributed by atoms with Crippen molar-refractivity contribution in [2.24, 2.45) is 11.7 Å². The summed E-state index contributed by atoms with van der Waals surface area (Å²) < 4.78 is 2.45. The Labute approximate surface area is 171 Å². The lowest BCUT2D eigenvalue weighted by Gasteiger charge is -2.31. The summed E-state index contributed by atoms with van der Waals surface area (Å²) >= 11 is 1.84. The van der Waals surface area contributed by atoms with Crippen molar-refractivity contribution in [3.05, 3.63) is 65.9 Å². The summed E-state index contributed by atoms with van der Waals surface area (Å²) in [5, 5.41) is 18.7. The van der Waals surface area contributed by atoms with E-state index in [0.717, 1.165) is 36.4 Å². The highest BCUT2D eigenvalue weighted by atomic mass is 32.2. The molecule has 1 aliphatic heterocycles. The number of nitrogens with zero attached hydrogens (tertiary/aromatic N) is 1. The Morgan fingerprint density at radius 2 is 1.89 bits per heavy atom. The lowest BCUT2D eigenvalue weighted by atomic mass is 9.97. The summed E-state index contributed by atoms with van der Waals surface area (Å²) in [6.45, 7) is 3.09. The van der Waals surface area contributed by atoms with E-state index < -0.39 is 0 Å². The second-order valence-corrected chi connectivity index (χ2v) is 8.04. The van der Waals surface area contributed by atoms with Gasteiger partial charge < -0.3 is 21.9 Å². The Hall–Kier alpha value is -2.57. The van der Waals surface area contributed by atoms with Crippen LogP contribution in [0, 0.1) is 16.7 Å². The maximum absolute atomic E-state index is 7.71. The molecule has 0 bridgehead atoms. The Morgan fingerprint density at radius 3 is 2.54 bits per heavy atom. The molecule has 6 heteroatoms. The number of piperidine rings is 1. The number of hydrogen-bond acceptors (Lipinski definition) is 6. The van der Waals surface area contributed by atoms with Crippen LogP contribution in [0.2, 0.25) is 0 Å². The molecule has 2 aromatic rings. The number of hydrogen-bond donors (Lipinski definition) is 4. The third-order valence-corrected chi connectivity index (χ3v) is 6.11. The first kappa shape index (κ1) is 20.2. The molecule has 0 aliphatic carbocycles. The van der Waals surface area contributed by atoms with Crippen LogP contribution in [0.15, 0.2) is 59.6 Å². The molecule has 5 nitrogen and oxygen atoms in total. The SMILES string of the molecule is N=C/C(=C\N)c1ccc(NCC2CCN(Sc3ccccc3)CC2)c(C=N)c1. The quantitative estimate of drug-likeness (QED) is 0.394. The lowest BCUT2D eigenvalue weighted by Crippen LogP contribution is -2.31. The average molecular weight is 394 g/mol. The van der Waals surface area contributed by atoms with E-state index in [1.54, 1.807) is 0 Å². The van der Waals surface area contributed by atoms with Gasteiger partial charge in [-0.25, -0.2) is 4.31 Å². The number of benzene rings is 2. The first-order valence-electron chi connectivity index (χ1n) is 9.52.